The van der Waals surface area contributed by atoms with E-state index < -0.39 is 0 Å². The second-order valence-electron chi connectivity index (χ2n) is 7.19. The van der Waals surface area contributed by atoms with E-state index in [1.54, 1.807) is 0 Å². The minimum Gasteiger partial charge on any atom is -0.444 e. The molecule has 7 heteroatoms. The molecule has 2 saturated heterocycles. The molecule has 1 aliphatic carbocycles. The van der Waals surface area contributed by atoms with Crippen LogP contribution >= 0.6 is 0 Å². The number of oxazole rings is 1. The summed E-state index contributed by atoms with van der Waals surface area (Å²) in [5.41, 5.74) is 6.49. The SMILES string of the molecule is NC(=O)C1CC(=O)N(C2CCN(Cc3nc4c(o3)CCC4)CC2)C1. The van der Waals surface area contributed by atoms with Crippen LogP contribution in [-0.2, 0) is 29.0 Å². The summed E-state index contributed by atoms with van der Waals surface area (Å²) in [4.78, 5) is 32.2. The molecule has 0 aromatic carbocycles. The van der Waals surface area contributed by atoms with Gasteiger partial charge in [0, 0.05) is 38.5 Å². The largest absolute Gasteiger partial charge is 0.444 e. The number of rotatable bonds is 4. The van der Waals surface area contributed by atoms with Crippen LogP contribution in [0.4, 0.5) is 0 Å². The first-order valence-corrected chi connectivity index (χ1v) is 8.88. The number of amides is 2. The Kier molecular flexibility index (Phi) is 4.04. The zero-order chi connectivity index (χ0) is 16.7. The Morgan fingerprint density at radius 3 is 2.75 bits per heavy atom. The Bertz CT molecular complexity index is 627. The summed E-state index contributed by atoms with van der Waals surface area (Å²) in [5, 5.41) is 0. The normalized spacial score (nSPS) is 25.4. The summed E-state index contributed by atoms with van der Waals surface area (Å²) in [7, 11) is 0. The lowest BCUT2D eigenvalue weighted by Crippen LogP contribution is -2.45. The second-order valence-corrected chi connectivity index (χ2v) is 7.19. The molecule has 2 aliphatic heterocycles. The van der Waals surface area contributed by atoms with Gasteiger partial charge in [-0.05, 0) is 25.7 Å². The van der Waals surface area contributed by atoms with Crippen LogP contribution < -0.4 is 5.73 Å². The van der Waals surface area contributed by atoms with Gasteiger partial charge in [-0.3, -0.25) is 14.5 Å². The number of piperidine rings is 1. The van der Waals surface area contributed by atoms with Crippen molar-refractivity contribution in [3.63, 3.8) is 0 Å². The topological polar surface area (TPSA) is 92.7 Å². The van der Waals surface area contributed by atoms with E-state index in [-0.39, 0.29) is 30.2 Å². The molecule has 1 aromatic heterocycles. The third-order valence-corrected chi connectivity index (χ3v) is 5.56. The molecule has 2 amide bonds. The minimum absolute atomic E-state index is 0.0707. The molecule has 3 aliphatic rings. The van der Waals surface area contributed by atoms with Gasteiger partial charge in [-0.1, -0.05) is 0 Å². The number of hydrogen-bond acceptors (Lipinski definition) is 5. The maximum absolute atomic E-state index is 12.1. The Hall–Kier alpha value is -1.89. The Labute approximate surface area is 141 Å². The van der Waals surface area contributed by atoms with Crippen LogP contribution in [0.1, 0.15) is 43.0 Å². The molecule has 2 fully saturated rings. The number of nitrogens with two attached hydrogens (primary N) is 1. The van der Waals surface area contributed by atoms with Crippen molar-refractivity contribution < 1.29 is 14.0 Å². The molecule has 0 spiro atoms. The maximum Gasteiger partial charge on any atom is 0.223 e. The number of primary amides is 1. The van der Waals surface area contributed by atoms with E-state index in [0.717, 1.165) is 69.1 Å². The molecule has 7 nitrogen and oxygen atoms in total. The summed E-state index contributed by atoms with van der Waals surface area (Å²) in [6, 6.07) is 0.229. The number of fused-ring (bicyclic) bond motifs is 1. The number of nitrogens with zero attached hydrogens (tertiary/aromatic N) is 3. The third kappa shape index (κ3) is 2.92. The van der Waals surface area contributed by atoms with E-state index in [1.807, 2.05) is 4.90 Å². The van der Waals surface area contributed by atoms with E-state index in [9.17, 15) is 9.59 Å². The van der Waals surface area contributed by atoms with Crippen LogP contribution in [0.15, 0.2) is 4.42 Å². The molecule has 1 atom stereocenters. The lowest BCUT2D eigenvalue weighted by molar-refractivity contribution is -0.130. The van der Waals surface area contributed by atoms with Crippen molar-refractivity contribution in [2.24, 2.45) is 11.7 Å². The molecule has 1 aromatic rings. The number of hydrogen-bond donors (Lipinski definition) is 1. The lowest BCUT2D eigenvalue weighted by Gasteiger charge is -2.36. The first kappa shape index (κ1) is 15.6. The van der Waals surface area contributed by atoms with Gasteiger partial charge in [-0.25, -0.2) is 4.98 Å². The van der Waals surface area contributed by atoms with E-state index in [2.05, 4.69) is 9.88 Å². The molecule has 3 heterocycles. The standard InChI is InChI=1S/C17H24N4O3/c18-17(23)11-8-16(22)21(9-11)12-4-6-20(7-5-12)10-15-19-13-2-1-3-14(13)24-15/h11-12H,1-10H2,(H2,18,23). The van der Waals surface area contributed by atoms with Gasteiger partial charge in [0.1, 0.15) is 5.76 Å². The van der Waals surface area contributed by atoms with Crippen molar-refractivity contribution in [2.75, 3.05) is 19.6 Å². The molecule has 0 bridgehead atoms. The van der Waals surface area contributed by atoms with Gasteiger partial charge in [0.25, 0.3) is 0 Å². The smallest absolute Gasteiger partial charge is 0.223 e. The summed E-state index contributed by atoms with van der Waals surface area (Å²) in [6.45, 7) is 3.08. The van der Waals surface area contributed by atoms with Gasteiger partial charge in [-0.15, -0.1) is 0 Å². The van der Waals surface area contributed by atoms with E-state index >= 15 is 0 Å². The van der Waals surface area contributed by atoms with Gasteiger partial charge in [0.2, 0.25) is 17.7 Å². The predicted molar refractivity (Wildman–Crippen MR) is 85.8 cm³/mol. The van der Waals surface area contributed by atoms with Gasteiger partial charge in [0.05, 0.1) is 18.2 Å². The second kappa shape index (κ2) is 6.20. The summed E-state index contributed by atoms with van der Waals surface area (Å²) < 4.78 is 5.84. The van der Waals surface area contributed by atoms with Crippen molar-refractivity contribution in [1.82, 2.24) is 14.8 Å². The number of carbonyl (C=O) groups is 2. The lowest BCUT2D eigenvalue weighted by atomic mass is 10.0. The zero-order valence-electron chi connectivity index (χ0n) is 13.9. The quantitative estimate of drug-likeness (QED) is 0.865. The fraction of sp³-hybridized carbons (Fsp3) is 0.706. The van der Waals surface area contributed by atoms with E-state index in [0.29, 0.717) is 6.54 Å². The molecule has 0 radical (unpaired) electrons. The summed E-state index contributed by atoms with van der Waals surface area (Å²) in [6.07, 6.45) is 5.34. The Morgan fingerprint density at radius 1 is 1.29 bits per heavy atom. The highest BCUT2D eigenvalue weighted by Crippen LogP contribution is 2.27. The van der Waals surface area contributed by atoms with Crippen LogP contribution in [0.2, 0.25) is 0 Å². The van der Waals surface area contributed by atoms with E-state index in [1.165, 1.54) is 0 Å². The van der Waals surface area contributed by atoms with Crippen LogP contribution in [0.25, 0.3) is 0 Å². The minimum atomic E-state index is -0.361. The highest BCUT2D eigenvalue weighted by molar-refractivity contribution is 5.88. The maximum atomic E-state index is 12.1. The van der Waals surface area contributed by atoms with Gasteiger partial charge < -0.3 is 15.1 Å². The number of likely N-dealkylation sites (tertiary alicyclic amines) is 2. The number of carbonyl (C=O) groups excluding carboxylic acids is 2. The number of aromatic nitrogens is 1. The van der Waals surface area contributed by atoms with Gasteiger partial charge in [-0.2, -0.15) is 0 Å². The first-order chi connectivity index (χ1) is 11.6. The molecule has 1 unspecified atom stereocenters. The molecule has 130 valence electrons. The molecule has 2 N–H and O–H groups in total. The summed E-state index contributed by atoms with van der Waals surface area (Å²) in [5.74, 6) is 1.29. The van der Waals surface area contributed by atoms with Crippen LogP contribution in [0.5, 0.6) is 0 Å². The molecule has 4 rings (SSSR count). The van der Waals surface area contributed by atoms with Crippen molar-refractivity contribution in [1.29, 1.82) is 0 Å². The highest BCUT2D eigenvalue weighted by Gasteiger charge is 2.38. The Balaban J connectivity index is 1.30. The summed E-state index contributed by atoms with van der Waals surface area (Å²) >= 11 is 0. The van der Waals surface area contributed by atoms with Crippen molar-refractivity contribution in [2.45, 2.75) is 51.1 Å². The van der Waals surface area contributed by atoms with E-state index in [4.69, 9.17) is 10.2 Å². The Morgan fingerprint density at radius 2 is 2.08 bits per heavy atom. The fourth-order valence-electron chi connectivity index (χ4n) is 4.17. The zero-order valence-corrected chi connectivity index (χ0v) is 13.9. The van der Waals surface area contributed by atoms with Gasteiger partial charge >= 0.3 is 0 Å². The predicted octanol–water partition coefficient (Wildman–Crippen LogP) is 0.461. The number of aryl methyl sites for hydroxylation is 2. The molecular formula is C17H24N4O3. The van der Waals surface area contributed by atoms with Crippen molar-refractivity contribution in [3.05, 3.63) is 17.3 Å². The third-order valence-electron chi connectivity index (χ3n) is 5.56. The fourth-order valence-corrected chi connectivity index (χ4v) is 4.17. The van der Waals surface area contributed by atoms with Crippen molar-refractivity contribution >= 4 is 11.8 Å². The van der Waals surface area contributed by atoms with Crippen LogP contribution in [-0.4, -0.2) is 52.3 Å². The average Bonchev–Trinajstić information content (AvgIpc) is 3.22. The van der Waals surface area contributed by atoms with Crippen LogP contribution in [0, 0.1) is 5.92 Å². The first-order valence-electron chi connectivity index (χ1n) is 8.88. The highest BCUT2D eigenvalue weighted by atomic mass is 16.4. The monoisotopic (exact) mass is 332 g/mol. The molecule has 24 heavy (non-hydrogen) atoms. The molecular weight excluding hydrogens is 308 g/mol. The average molecular weight is 332 g/mol. The van der Waals surface area contributed by atoms with Crippen LogP contribution in [0.3, 0.4) is 0 Å². The van der Waals surface area contributed by atoms with Gasteiger partial charge in [0.15, 0.2) is 0 Å². The molecule has 0 saturated carbocycles. The van der Waals surface area contributed by atoms with Crippen molar-refractivity contribution in [3.8, 4) is 0 Å².